The summed E-state index contributed by atoms with van der Waals surface area (Å²) in [5, 5.41) is 9.43. The minimum absolute atomic E-state index is 0.514. The van der Waals surface area contributed by atoms with Crippen molar-refractivity contribution in [3.8, 4) is 0 Å². The Morgan fingerprint density at radius 1 is 1.67 bits per heavy atom. The predicted molar refractivity (Wildman–Crippen MR) is 48.2 cm³/mol. The van der Waals surface area contributed by atoms with Crippen molar-refractivity contribution >= 4 is 28.6 Å². The summed E-state index contributed by atoms with van der Waals surface area (Å²) in [5.74, 6) is 0. The zero-order valence-corrected chi connectivity index (χ0v) is 6.94. The fraction of sp³-hybridized carbons (Fsp3) is 0.167. The quantitative estimate of drug-likeness (QED) is 0.505. The summed E-state index contributed by atoms with van der Waals surface area (Å²) in [4.78, 5) is 0.762. The molecule has 0 heterocycles. The first-order valence-electron chi connectivity index (χ1n) is 2.31. The third kappa shape index (κ3) is 3.43. The Balaban J connectivity index is 3.73. The first-order chi connectivity index (χ1) is 4.22. The van der Waals surface area contributed by atoms with Gasteiger partial charge >= 0.3 is 0 Å². The smallest absolute Gasteiger partial charge is 0.100 e. The molecule has 1 N–H and O–H groups in total. The molecule has 0 aromatic heterocycles. The van der Waals surface area contributed by atoms with Gasteiger partial charge in [-0.25, -0.2) is 0 Å². The van der Waals surface area contributed by atoms with Gasteiger partial charge in [0.05, 0.1) is 0 Å². The second-order valence-corrected chi connectivity index (χ2v) is 3.12. The number of nitrogens with one attached hydrogen (secondary N) is 1. The summed E-state index contributed by atoms with van der Waals surface area (Å²) in [6.45, 7) is 7.18. The van der Waals surface area contributed by atoms with Crippen LogP contribution < -0.4 is 0 Å². The molecule has 0 bridgehead atoms. The summed E-state index contributed by atoms with van der Waals surface area (Å²) in [6, 6.07) is 0. The van der Waals surface area contributed by atoms with Crippen LogP contribution >= 0.6 is 23.5 Å². The van der Waals surface area contributed by atoms with Crippen molar-refractivity contribution in [3.63, 3.8) is 0 Å². The van der Waals surface area contributed by atoms with Gasteiger partial charge in [0.2, 0.25) is 0 Å². The Kier molecular flexibility index (Phi) is 4.62. The van der Waals surface area contributed by atoms with E-state index in [1.54, 1.807) is 5.41 Å². The van der Waals surface area contributed by atoms with E-state index >= 15 is 0 Å². The van der Waals surface area contributed by atoms with Gasteiger partial charge in [-0.05, 0) is 11.7 Å². The lowest BCUT2D eigenvalue weighted by Crippen LogP contribution is -1.86. The summed E-state index contributed by atoms with van der Waals surface area (Å²) >= 11 is 2.78. The molecule has 0 amide bonds. The Bertz CT molecular complexity index is 140. The lowest BCUT2D eigenvalue weighted by molar-refractivity contribution is 1.56. The number of hydrogen-bond donors (Lipinski definition) is 1. The molecule has 9 heavy (non-hydrogen) atoms. The normalized spacial score (nSPS) is 8.56. The Hall–Kier alpha value is -0.150. The molecule has 0 aromatic carbocycles. The van der Waals surface area contributed by atoms with Gasteiger partial charge in [0.15, 0.2) is 0 Å². The van der Waals surface area contributed by atoms with E-state index in [9.17, 15) is 0 Å². The van der Waals surface area contributed by atoms with Gasteiger partial charge in [-0.15, -0.1) is 11.8 Å². The molecular weight excluding hydrogens is 150 g/mol. The zero-order chi connectivity index (χ0) is 7.28. The van der Waals surface area contributed by atoms with E-state index in [0.29, 0.717) is 5.04 Å². The summed E-state index contributed by atoms with van der Waals surface area (Å²) in [7, 11) is 0. The molecular formula is C6H9NS2. The highest BCUT2D eigenvalue weighted by atomic mass is 32.2. The van der Waals surface area contributed by atoms with Crippen LogP contribution in [0.2, 0.25) is 0 Å². The zero-order valence-electron chi connectivity index (χ0n) is 5.31. The molecule has 50 valence electrons. The van der Waals surface area contributed by atoms with Crippen molar-refractivity contribution in [1.82, 2.24) is 0 Å². The van der Waals surface area contributed by atoms with Gasteiger partial charge < -0.3 is 0 Å². The van der Waals surface area contributed by atoms with Crippen LogP contribution in [-0.4, -0.2) is 11.3 Å². The second kappa shape index (κ2) is 4.70. The minimum atomic E-state index is 0.514. The highest BCUT2D eigenvalue weighted by molar-refractivity contribution is 8.17. The van der Waals surface area contributed by atoms with Crippen LogP contribution in [0.4, 0.5) is 0 Å². The summed E-state index contributed by atoms with van der Waals surface area (Å²) < 4.78 is 0. The average molecular weight is 159 g/mol. The van der Waals surface area contributed by atoms with Crippen LogP contribution in [0.1, 0.15) is 0 Å². The third-order valence-electron chi connectivity index (χ3n) is 0.683. The molecule has 0 atom stereocenters. The maximum atomic E-state index is 7.24. The SMILES string of the molecule is C=CSC(=C)C(=N)SC. The van der Waals surface area contributed by atoms with E-state index in [4.69, 9.17) is 5.41 Å². The molecule has 0 rings (SSSR count). The Morgan fingerprint density at radius 2 is 2.22 bits per heavy atom. The van der Waals surface area contributed by atoms with Crippen LogP contribution in [-0.2, 0) is 0 Å². The van der Waals surface area contributed by atoms with Gasteiger partial charge in [-0.2, -0.15) is 0 Å². The van der Waals surface area contributed by atoms with Crippen molar-refractivity contribution in [2.45, 2.75) is 0 Å². The van der Waals surface area contributed by atoms with Gasteiger partial charge in [-0.3, -0.25) is 5.41 Å². The minimum Gasteiger partial charge on any atom is -0.293 e. The maximum Gasteiger partial charge on any atom is 0.100 e. The van der Waals surface area contributed by atoms with Gasteiger partial charge in [0.25, 0.3) is 0 Å². The first-order valence-corrected chi connectivity index (χ1v) is 4.42. The molecule has 0 aliphatic rings. The van der Waals surface area contributed by atoms with Gasteiger partial charge in [0.1, 0.15) is 5.04 Å². The molecule has 0 saturated heterocycles. The number of thioether (sulfide) groups is 2. The molecule has 3 heteroatoms. The molecule has 0 aromatic rings. The molecule has 0 fully saturated rings. The van der Waals surface area contributed by atoms with E-state index in [2.05, 4.69) is 13.2 Å². The maximum absolute atomic E-state index is 7.24. The molecule has 0 aliphatic carbocycles. The lowest BCUT2D eigenvalue weighted by Gasteiger charge is -1.97. The number of rotatable bonds is 3. The van der Waals surface area contributed by atoms with E-state index in [1.807, 2.05) is 6.26 Å². The monoisotopic (exact) mass is 159 g/mol. The third-order valence-corrected chi connectivity index (χ3v) is 2.12. The van der Waals surface area contributed by atoms with Crippen LogP contribution in [0.5, 0.6) is 0 Å². The fourth-order valence-corrected chi connectivity index (χ4v) is 1.20. The molecule has 1 nitrogen and oxygen atoms in total. The van der Waals surface area contributed by atoms with Gasteiger partial charge in [0, 0.05) is 4.91 Å². The summed E-state index contributed by atoms with van der Waals surface area (Å²) in [6.07, 6.45) is 1.86. The van der Waals surface area contributed by atoms with E-state index in [-0.39, 0.29) is 0 Å². The van der Waals surface area contributed by atoms with E-state index < -0.39 is 0 Å². The second-order valence-electron chi connectivity index (χ2n) is 1.24. The van der Waals surface area contributed by atoms with Gasteiger partial charge in [-0.1, -0.05) is 24.9 Å². The van der Waals surface area contributed by atoms with E-state index in [0.717, 1.165) is 4.91 Å². The van der Waals surface area contributed by atoms with Crippen molar-refractivity contribution in [1.29, 1.82) is 5.41 Å². The number of hydrogen-bond acceptors (Lipinski definition) is 3. The topological polar surface area (TPSA) is 23.9 Å². The van der Waals surface area contributed by atoms with Crippen molar-refractivity contribution in [3.05, 3.63) is 23.5 Å². The van der Waals surface area contributed by atoms with Crippen LogP contribution in [0.15, 0.2) is 23.5 Å². The lowest BCUT2D eigenvalue weighted by atomic mass is 10.7. The Morgan fingerprint density at radius 3 is 2.56 bits per heavy atom. The largest absolute Gasteiger partial charge is 0.293 e. The molecule has 0 aliphatic heterocycles. The standard InChI is InChI=1S/C6H9NS2/c1-4-9-5(2)6(7)8-3/h4,7H,1-2H2,3H3. The molecule has 0 radical (unpaired) electrons. The van der Waals surface area contributed by atoms with Crippen LogP contribution in [0, 0.1) is 5.41 Å². The molecule has 0 spiro atoms. The highest BCUT2D eigenvalue weighted by Gasteiger charge is 1.96. The van der Waals surface area contributed by atoms with Crippen LogP contribution in [0.3, 0.4) is 0 Å². The average Bonchev–Trinajstić information content (AvgIpc) is 1.87. The fourth-order valence-electron chi connectivity index (χ4n) is 0.268. The van der Waals surface area contributed by atoms with Crippen molar-refractivity contribution < 1.29 is 0 Å². The molecule has 0 saturated carbocycles. The first kappa shape index (κ1) is 8.85. The summed E-state index contributed by atoms with van der Waals surface area (Å²) in [5.41, 5.74) is 0. The van der Waals surface area contributed by atoms with Crippen molar-refractivity contribution in [2.24, 2.45) is 0 Å². The van der Waals surface area contributed by atoms with Crippen molar-refractivity contribution in [2.75, 3.05) is 6.26 Å². The highest BCUT2D eigenvalue weighted by Crippen LogP contribution is 2.19. The molecule has 0 unspecified atom stereocenters. The van der Waals surface area contributed by atoms with E-state index in [1.165, 1.54) is 23.5 Å². The predicted octanol–water partition coefficient (Wildman–Crippen LogP) is 2.72. The Labute approximate surface area is 64.1 Å². The van der Waals surface area contributed by atoms with Crippen LogP contribution in [0.25, 0.3) is 0 Å².